The number of methoxy groups -OCH3 is 2. The minimum atomic E-state index is -0.635. The summed E-state index contributed by atoms with van der Waals surface area (Å²) in [6, 6.07) is 6.26. The lowest BCUT2D eigenvalue weighted by Crippen LogP contribution is -2.59. The largest absolute Gasteiger partial charge is 0.497 e. The predicted molar refractivity (Wildman–Crippen MR) is 111 cm³/mol. The molecule has 0 saturated carbocycles. The number of carbonyl (C=O) groups excluding carboxylic acids is 1. The summed E-state index contributed by atoms with van der Waals surface area (Å²) in [5.41, 5.74) is 2.76. The fraction of sp³-hybridized carbons (Fsp3) is 0.609. The molecule has 28 heavy (non-hydrogen) atoms. The molecule has 0 amide bonds. The number of unbranched alkanes of at least 4 members (excludes halogenated alkanes) is 1. The highest BCUT2D eigenvalue weighted by molar-refractivity contribution is 5.92. The maximum absolute atomic E-state index is 13.4. The van der Waals surface area contributed by atoms with E-state index in [9.17, 15) is 4.79 Å². The van der Waals surface area contributed by atoms with Gasteiger partial charge in [-0.25, -0.2) is 0 Å². The van der Waals surface area contributed by atoms with E-state index in [2.05, 4.69) is 35.9 Å². The first-order valence-electron chi connectivity index (χ1n) is 10.6. The van der Waals surface area contributed by atoms with E-state index < -0.39 is 5.41 Å². The van der Waals surface area contributed by atoms with Crippen molar-refractivity contribution in [2.45, 2.75) is 57.4 Å². The minimum absolute atomic E-state index is 0.104. The number of fused-ring (bicyclic) bond motifs is 6. The van der Waals surface area contributed by atoms with E-state index in [1.54, 1.807) is 7.11 Å². The topological polar surface area (TPSA) is 54.6 Å². The molecule has 1 aromatic carbocycles. The van der Waals surface area contributed by atoms with Crippen LogP contribution in [0, 0.1) is 5.92 Å². The molecule has 3 heterocycles. The molecule has 0 spiro atoms. The maximum atomic E-state index is 13.4. The first-order valence-corrected chi connectivity index (χ1v) is 10.6. The SMILES string of the molecule is CCCC[C@@H]1C[N@]2CCc3c([nH]c4ccc(OC)cc34)[C@](C(=O)OC)(C1)C2C. The van der Waals surface area contributed by atoms with E-state index in [1.165, 1.54) is 37.3 Å². The third-order valence-electron chi connectivity index (χ3n) is 7.09. The zero-order valence-electron chi connectivity index (χ0n) is 17.5. The number of H-pyrrole nitrogens is 1. The molecule has 1 saturated heterocycles. The highest BCUT2D eigenvalue weighted by atomic mass is 16.5. The van der Waals surface area contributed by atoms with Gasteiger partial charge in [0.05, 0.1) is 14.2 Å². The minimum Gasteiger partial charge on any atom is -0.497 e. The van der Waals surface area contributed by atoms with Crippen molar-refractivity contribution in [2.75, 3.05) is 27.3 Å². The van der Waals surface area contributed by atoms with E-state index in [4.69, 9.17) is 9.47 Å². The monoisotopic (exact) mass is 384 g/mol. The fourth-order valence-electron chi connectivity index (χ4n) is 5.56. The molecule has 1 unspecified atom stereocenters. The summed E-state index contributed by atoms with van der Waals surface area (Å²) in [5, 5.41) is 1.17. The third-order valence-corrected chi connectivity index (χ3v) is 7.09. The molecular weight excluding hydrogens is 352 g/mol. The molecular formula is C23H32N2O3. The molecule has 152 valence electrons. The average Bonchev–Trinajstić information content (AvgIpc) is 3.06. The normalized spacial score (nSPS) is 29.2. The second kappa shape index (κ2) is 7.43. The van der Waals surface area contributed by atoms with Crippen molar-refractivity contribution < 1.29 is 14.3 Å². The molecule has 0 aliphatic carbocycles. The van der Waals surface area contributed by atoms with Crippen LogP contribution in [0.25, 0.3) is 10.9 Å². The van der Waals surface area contributed by atoms with Crippen LogP contribution < -0.4 is 4.74 Å². The van der Waals surface area contributed by atoms with Gasteiger partial charge in [-0.05, 0) is 55.9 Å². The van der Waals surface area contributed by atoms with Gasteiger partial charge in [0.2, 0.25) is 0 Å². The second-order valence-corrected chi connectivity index (χ2v) is 8.49. The molecule has 4 rings (SSSR count). The Kier molecular flexibility index (Phi) is 5.13. The molecule has 2 aliphatic rings. The van der Waals surface area contributed by atoms with Crippen LogP contribution in [0.5, 0.6) is 5.75 Å². The van der Waals surface area contributed by atoms with Gasteiger partial charge in [0.1, 0.15) is 11.2 Å². The molecule has 5 nitrogen and oxygen atoms in total. The summed E-state index contributed by atoms with van der Waals surface area (Å²) in [5.74, 6) is 1.26. The number of rotatable bonds is 5. The number of carbonyl (C=O) groups is 1. The second-order valence-electron chi connectivity index (χ2n) is 8.49. The van der Waals surface area contributed by atoms with Crippen LogP contribution in [-0.2, 0) is 21.4 Å². The highest BCUT2D eigenvalue weighted by Crippen LogP contribution is 2.48. The zero-order chi connectivity index (χ0) is 19.9. The van der Waals surface area contributed by atoms with Gasteiger partial charge in [-0.3, -0.25) is 9.69 Å². The van der Waals surface area contributed by atoms with Crippen molar-refractivity contribution in [3.05, 3.63) is 29.5 Å². The maximum Gasteiger partial charge on any atom is 0.319 e. The van der Waals surface area contributed by atoms with Crippen molar-refractivity contribution in [2.24, 2.45) is 5.92 Å². The van der Waals surface area contributed by atoms with E-state index in [1.807, 2.05) is 6.07 Å². The zero-order valence-corrected chi connectivity index (χ0v) is 17.5. The number of piperidine rings is 1. The van der Waals surface area contributed by atoms with Crippen LogP contribution >= 0.6 is 0 Å². The van der Waals surface area contributed by atoms with Crippen LogP contribution in [0.2, 0.25) is 0 Å². The smallest absolute Gasteiger partial charge is 0.319 e. The summed E-state index contributed by atoms with van der Waals surface area (Å²) in [6.07, 6.45) is 5.36. The Labute approximate surface area is 167 Å². The number of nitrogens with one attached hydrogen (secondary N) is 1. The highest BCUT2D eigenvalue weighted by Gasteiger charge is 2.55. The van der Waals surface area contributed by atoms with Crippen LogP contribution in [0.3, 0.4) is 0 Å². The lowest BCUT2D eigenvalue weighted by molar-refractivity contribution is -0.154. The summed E-state index contributed by atoms with van der Waals surface area (Å²) in [6.45, 7) is 6.48. The molecule has 4 atom stereocenters. The molecule has 1 aromatic heterocycles. The van der Waals surface area contributed by atoms with Crippen LogP contribution in [0.4, 0.5) is 0 Å². The Balaban J connectivity index is 1.90. The van der Waals surface area contributed by atoms with Crippen LogP contribution in [0.15, 0.2) is 18.2 Å². The van der Waals surface area contributed by atoms with Gasteiger partial charge < -0.3 is 14.5 Å². The number of benzene rings is 1. The van der Waals surface area contributed by atoms with Gasteiger partial charge in [0, 0.05) is 35.7 Å². The van der Waals surface area contributed by atoms with Crippen LogP contribution in [0.1, 0.15) is 50.8 Å². The first kappa shape index (κ1) is 19.3. The van der Waals surface area contributed by atoms with Gasteiger partial charge in [-0.15, -0.1) is 0 Å². The fourth-order valence-corrected chi connectivity index (χ4v) is 5.56. The van der Waals surface area contributed by atoms with Crippen molar-refractivity contribution in [3.63, 3.8) is 0 Å². The number of hydrogen-bond acceptors (Lipinski definition) is 4. The molecule has 1 N–H and O–H groups in total. The summed E-state index contributed by atoms with van der Waals surface area (Å²) in [4.78, 5) is 19.5. The van der Waals surface area contributed by atoms with E-state index in [-0.39, 0.29) is 12.0 Å². The Bertz CT molecular complexity index is 874. The first-order chi connectivity index (χ1) is 13.5. The van der Waals surface area contributed by atoms with Gasteiger partial charge in [-0.1, -0.05) is 19.8 Å². The Morgan fingerprint density at radius 1 is 1.36 bits per heavy atom. The quantitative estimate of drug-likeness (QED) is 0.791. The number of aromatic amines is 1. The number of nitrogens with zero attached hydrogens (tertiary/aromatic N) is 1. The summed E-state index contributed by atoms with van der Waals surface area (Å²) >= 11 is 0. The number of aromatic nitrogens is 1. The standard InChI is InChI=1S/C23H32N2O3/c1-5-6-7-16-13-23(22(26)28-4)15(2)25(14-16)11-10-18-19-12-17(27-3)8-9-20(19)24-21(18)23/h8-9,12,15-16,24H,5-7,10-11,13-14H2,1-4H3/t15?,16-,23-/m0/s1. The van der Waals surface area contributed by atoms with E-state index >= 15 is 0 Å². The average molecular weight is 385 g/mol. The molecule has 2 aliphatic heterocycles. The van der Waals surface area contributed by atoms with Crippen molar-refractivity contribution in [1.29, 1.82) is 0 Å². The number of esters is 1. The van der Waals surface area contributed by atoms with Crippen LogP contribution in [-0.4, -0.2) is 49.2 Å². The van der Waals surface area contributed by atoms with Gasteiger partial charge >= 0.3 is 5.97 Å². The summed E-state index contributed by atoms with van der Waals surface area (Å²) in [7, 11) is 3.22. The predicted octanol–water partition coefficient (Wildman–Crippen LogP) is 4.04. The molecule has 2 bridgehead atoms. The Hall–Kier alpha value is -2.01. The molecule has 1 fully saturated rings. The molecule has 2 aromatic rings. The molecule has 0 radical (unpaired) electrons. The van der Waals surface area contributed by atoms with Crippen molar-refractivity contribution in [1.82, 2.24) is 9.88 Å². The van der Waals surface area contributed by atoms with Crippen molar-refractivity contribution in [3.8, 4) is 5.75 Å². The lowest BCUT2D eigenvalue weighted by Gasteiger charge is -2.48. The van der Waals surface area contributed by atoms with Gasteiger partial charge in [-0.2, -0.15) is 0 Å². The lowest BCUT2D eigenvalue weighted by atomic mass is 9.67. The number of ether oxygens (including phenoxy) is 2. The van der Waals surface area contributed by atoms with Crippen molar-refractivity contribution >= 4 is 16.9 Å². The summed E-state index contributed by atoms with van der Waals surface area (Å²) < 4.78 is 10.9. The third kappa shape index (κ3) is 2.83. The van der Waals surface area contributed by atoms with E-state index in [0.29, 0.717) is 5.92 Å². The molecule has 5 heteroatoms. The van der Waals surface area contributed by atoms with Gasteiger partial charge in [0.15, 0.2) is 0 Å². The Morgan fingerprint density at radius 3 is 2.89 bits per heavy atom. The van der Waals surface area contributed by atoms with Gasteiger partial charge in [0.25, 0.3) is 0 Å². The number of hydrogen-bond donors (Lipinski definition) is 1. The Morgan fingerprint density at radius 2 is 2.18 bits per heavy atom. The van der Waals surface area contributed by atoms with E-state index in [0.717, 1.165) is 42.9 Å².